The first-order valence-corrected chi connectivity index (χ1v) is 8.58. The predicted molar refractivity (Wildman–Crippen MR) is 99.4 cm³/mol. The van der Waals surface area contributed by atoms with E-state index in [1.54, 1.807) is 0 Å². The Kier molecular flexibility index (Phi) is 10.6. The van der Waals surface area contributed by atoms with E-state index in [9.17, 15) is 9.59 Å². The number of aliphatic imine (C=N–C) groups is 1. The van der Waals surface area contributed by atoms with Gasteiger partial charge in [-0.3, -0.25) is 14.7 Å². The summed E-state index contributed by atoms with van der Waals surface area (Å²) in [6.07, 6.45) is 1.37. The number of methoxy groups -OCH3 is 1. The largest absolute Gasteiger partial charge is 0.468 e. The summed E-state index contributed by atoms with van der Waals surface area (Å²) in [5.74, 6) is 0.309. The summed E-state index contributed by atoms with van der Waals surface area (Å²) in [5.41, 5.74) is 6.22. The van der Waals surface area contributed by atoms with Gasteiger partial charge in [0.25, 0.3) is 0 Å². The second-order valence-corrected chi connectivity index (χ2v) is 6.75. The number of hydrogen-bond acceptors (Lipinski definition) is 5. The molecule has 2 N–H and O–H groups in total. The number of nitrogens with zero attached hydrogens (tertiary/aromatic N) is 2. The van der Waals surface area contributed by atoms with Crippen LogP contribution in [-0.2, 0) is 14.3 Å². The number of hydrogen-bond donors (Lipinski definition) is 1. The van der Waals surface area contributed by atoms with Crippen LogP contribution in [0, 0.1) is 11.8 Å². The van der Waals surface area contributed by atoms with Crippen LogP contribution in [0.2, 0.25) is 0 Å². The predicted octanol–water partition coefficient (Wildman–Crippen LogP) is 2.60. The van der Waals surface area contributed by atoms with Crippen molar-refractivity contribution >= 4 is 17.9 Å². The van der Waals surface area contributed by atoms with E-state index in [1.165, 1.54) is 18.1 Å². The Morgan fingerprint density at radius 2 is 1.84 bits per heavy atom. The minimum absolute atomic E-state index is 0.00108. The monoisotopic (exact) mass is 355 g/mol. The molecule has 1 amide bonds. The van der Waals surface area contributed by atoms with Crippen LogP contribution in [0.4, 0.5) is 4.79 Å². The minimum Gasteiger partial charge on any atom is -0.468 e. The van der Waals surface area contributed by atoms with Crippen LogP contribution in [0.5, 0.6) is 0 Å². The molecule has 0 aliphatic heterocycles. The fourth-order valence-electron chi connectivity index (χ4n) is 2.04. The average molecular weight is 355 g/mol. The second-order valence-electron chi connectivity index (χ2n) is 6.75. The number of carbonyl (C=O) groups is 2. The second kappa shape index (κ2) is 11.5. The molecule has 0 aromatic carbocycles. The van der Waals surface area contributed by atoms with Crippen molar-refractivity contribution < 1.29 is 19.1 Å². The maximum absolute atomic E-state index is 12.4. The van der Waals surface area contributed by atoms with E-state index in [1.807, 2.05) is 34.6 Å². The van der Waals surface area contributed by atoms with Gasteiger partial charge in [0.1, 0.15) is 19.0 Å². The summed E-state index contributed by atoms with van der Waals surface area (Å²) >= 11 is 0. The fourth-order valence-corrected chi connectivity index (χ4v) is 2.04. The van der Waals surface area contributed by atoms with Crippen LogP contribution in [-0.4, -0.2) is 55.1 Å². The third kappa shape index (κ3) is 8.56. The molecular formula is C18H33N3O4. The highest BCUT2D eigenvalue weighted by Crippen LogP contribution is 2.16. The summed E-state index contributed by atoms with van der Waals surface area (Å²) < 4.78 is 9.81. The Balaban J connectivity index is 5.68. The van der Waals surface area contributed by atoms with E-state index >= 15 is 0 Å². The number of rotatable bonds is 10. The van der Waals surface area contributed by atoms with Gasteiger partial charge in [0.2, 0.25) is 0 Å². The summed E-state index contributed by atoms with van der Waals surface area (Å²) in [6.45, 7) is 13.4. The molecule has 0 rings (SSSR count). The maximum atomic E-state index is 12.4. The van der Waals surface area contributed by atoms with Crippen molar-refractivity contribution in [2.75, 3.05) is 20.3 Å². The van der Waals surface area contributed by atoms with Crippen LogP contribution >= 0.6 is 0 Å². The maximum Gasteiger partial charge on any atom is 0.411 e. The minimum atomic E-state index is -0.647. The van der Waals surface area contributed by atoms with Crippen molar-refractivity contribution in [3.05, 3.63) is 12.7 Å². The Morgan fingerprint density at radius 3 is 2.28 bits per heavy atom. The van der Waals surface area contributed by atoms with Crippen molar-refractivity contribution in [2.24, 2.45) is 22.6 Å². The third-order valence-electron chi connectivity index (χ3n) is 3.82. The molecule has 7 heteroatoms. The molecule has 0 fully saturated rings. The zero-order valence-corrected chi connectivity index (χ0v) is 16.3. The Morgan fingerprint density at radius 1 is 1.24 bits per heavy atom. The van der Waals surface area contributed by atoms with E-state index in [4.69, 9.17) is 15.2 Å². The van der Waals surface area contributed by atoms with Gasteiger partial charge in [-0.05, 0) is 25.2 Å². The quantitative estimate of drug-likeness (QED) is 0.281. The van der Waals surface area contributed by atoms with E-state index in [0.717, 1.165) is 0 Å². The summed E-state index contributed by atoms with van der Waals surface area (Å²) in [4.78, 5) is 30.0. The summed E-state index contributed by atoms with van der Waals surface area (Å²) in [7, 11) is 1.27. The number of nitrogens with two attached hydrogens (primary N) is 1. The highest BCUT2D eigenvalue weighted by Gasteiger charge is 2.31. The lowest BCUT2D eigenvalue weighted by Crippen LogP contribution is -2.51. The molecule has 0 heterocycles. The number of esters is 1. The van der Waals surface area contributed by atoms with Crippen LogP contribution in [0.1, 0.15) is 41.0 Å². The van der Waals surface area contributed by atoms with E-state index in [0.29, 0.717) is 18.2 Å². The molecule has 7 nitrogen and oxygen atoms in total. The number of ether oxygens (including phenoxy) is 2. The standard InChI is InChI=1S/C18H33N3O4/c1-8-9-25-18(23)21(11-16(22)24-7)15(10-12(2)3)17(19)20-14(6)13(4)5/h8,12-15H,1,9-11H2,2-7H3,(H2,19,20). The molecule has 0 aliphatic rings. The zero-order valence-electron chi connectivity index (χ0n) is 16.3. The lowest BCUT2D eigenvalue weighted by atomic mass is 10.0. The van der Waals surface area contributed by atoms with Gasteiger partial charge in [0.05, 0.1) is 19.2 Å². The zero-order chi connectivity index (χ0) is 19.6. The molecular weight excluding hydrogens is 322 g/mol. The van der Waals surface area contributed by atoms with Crippen molar-refractivity contribution in [3.8, 4) is 0 Å². The van der Waals surface area contributed by atoms with Gasteiger partial charge in [0.15, 0.2) is 0 Å². The molecule has 2 atom stereocenters. The molecule has 0 aromatic rings. The van der Waals surface area contributed by atoms with Gasteiger partial charge in [-0.1, -0.05) is 40.3 Å². The fraction of sp³-hybridized carbons (Fsp3) is 0.722. The molecule has 0 aromatic heterocycles. The Bertz CT molecular complexity index is 475. The van der Waals surface area contributed by atoms with Crippen LogP contribution in [0.15, 0.2) is 17.6 Å². The SMILES string of the molecule is C=CCOC(=O)N(CC(=O)OC)C(CC(C)C)C(N)=NC(C)C(C)C. The van der Waals surface area contributed by atoms with Gasteiger partial charge in [-0.15, -0.1) is 0 Å². The van der Waals surface area contributed by atoms with Gasteiger partial charge in [-0.25, -0.2) is 4.79 Å². The summed E-state index contributed by atoms with van der Waals surface area (Å²) in [6, 6.07) is -0.545. The molecule has 0 spiro atoms. The lowest BCUT2D eigenvalue weighted by molar-refractivity contribution is -0.141. The molecule has 2 unspecified atom stereocenters. The lowest BCUT2D eigenvalue weighted by Gasteiger charge is -2.31. The van der Waals surface area contributed by atoms with Gasteiger partial charge < -0.3 is 15.2 Å². The summed E-state index contributed by atoms with van der Waals surface area (Å²) in [5, 5.41) is 0. The molecule has 0 bridgehead atoms. The Labute approximate surface area is 151 Å². The van der Waals surface area contributed by atoms with Crippen molar-refractivity contribution in [3.63, 3.8) is 0 Å². The van der Waals surface area contributed by atoms with E-state index in [2.05, 4.69) is 11.6 Å². The Hall–Kier alpha value is -2.05. The third-order valence-corrected chi connectivity index (χ3v) is 3.82. The first-order chi connectivity index (χ1) is 11.6. The normalized spacial score (nSPS) is 14.2. The number of carbonyl (C=O) groups excluding carboxylic acids is 2. The molecule has 0 radical (unpaired) electrons. The van der Waals surface area contributed by atoms with Gasteiger partial charge >= 0.3 is 12.1 Å². The van der Waals surface area contributed by atoms with Crippen molar-refractivity contribution in [2.45, 2.75) is 53.1 Å². The highest BCUT2D eigenvalue weighted by atomic mass is 16.6. The van der Waals surface area contributed by atoms with Crippen molar-refractivity contribution in [1.29, 1.82) is 0 Å². The van der Waals surface area contributed by atoms with Crippen LogP contribution in [0.3, 0.4) is 0 Å². The van der Waals surface area contributed by atoms with Gasteiger partial charge in [0, 0.05) is 0 Å². The highest BCUT2D eigenvalue weighted by molar-refractivity contribution is 5.90. The van der Waals surface area contributed by atoms with Crippen LogP contribution < -0.4 is 5.73 Å². The van der Waals surface area contributed by atoms with Gasteiger partial charge in [-0.2, -0.15) is 0 Å². The smallest absolute Gasteiger partial charge is 0.411 e. The molecule has 0 aliphatic carbocycles. The molecule has 25 heavy (non-hydrogen) atoms. The van der Waals surface area contributed by atoms with E-state index < -0.39 is 18.1 Å². The molecule has 144 valence electrons. The van der Waals surface area contributed by atoms with E-state index in [-0.39, 0.29) is 25.1 Å². The number of amides is 1. The van der Waals surface area contributed by atoms with Crippen molar-refractivity contribution in [1.82, 2.24) is 4.90 Å². The first kappa shape index (κ1) is 22.9. The average Bonchev–Trinajstić information content (AvgIpc) is 2.54. The van der Waals surface area contributed by atoms with Crippen LogP contribution in [0.25, 0.3) is 0 Å². The first-order valence-electron chi connectivity index (χ1n) is 8.58. The number of amidine groups is 1. The topological polar surface area (TPSA) is 94.2 Å². The molecule has 0 saturated carbocycles. The molecule has 0 saturated heterocycles.